The van der Waals surface area contributed by atoms with Crippen molar-refractivity contribution in [1.29, 1.82) is 0 Å². The fourth-order valence-corrected chi connectivity index (χ4v) is 14.8. The van der Waals surface area contributed by atoms with Gasteiger partial charge < -0.3 is 121 Å². The average Bonchev–Trinajstić information content (AvgIpc) is 0.851. The largest absolute Gasteiger partial charge is 0.391 e. The van der Waals surface area contributed by atoms with Crippen LogP contribution >= 0.6 is 0 Å². The van der Waals surface area contributed by atoms with Gasteiger partial charge in [0.1, 0.15) is 72.0 Å². The van der Waals surface area contributed by atoms with Gasteiger partial charge in [-0.3, -0.25) is 86.9 Å². The molecule has 0 radical (unpaired) electrons. The fraction of sp³-hybridized carbons (Fsp3) is 0.696. The van der Waals surface area contributed by atoms with Crippen LogP contribution in [0.5, 0.6) is 0 Å². The predicted molar refractivity (Wildman–Crippen MR) is 445 cm³/mol. The third-order valence-electron chi connectivity index (χ3n) is 21.4. The number of benzene rings is 1. The van der Waals surface area contributed by atoms with Crippen molar-refractivity contribution in [2.75, 3.05) is 19.6 Å². The zero-order chi connectivity index (χ0) is 88.5. The van der Waals surface area contributed by atoms with Crippen LogP contribution in [0.15, 0.2) is 45.3 Å². The molecule has 0 heterocycles. The van der Waals surface area contributed by atoms with E-state index in [1.807, 2.05) is 0 Å². The lowest BCUT2D eigenvalue weighted by molar-refractivity contribution is -0.139. The third-order valence-corrected chi connectivity index (χ3v) is 21.4. The molecule has 1 aromatic carbocycles. The number of carbonyl (C=O) groups excluding carboxylic acids is 15. The molecule has 4 unspecified atom stereocenters. The first kappa shape index (κ1) is 100. The molecule has 3 aliphatic rings. The second kappa shape index (κ2) is 52.1. The molecule has 40 nitrogen and oxygen atoms in total. The molecular formula is C79H134N24O16. The van der Waals surface area contributed by atoms with Crippen molar-refractivity contribution in [3.8, 4) is 0 Å². The van der Waals surface area contributed by atoms with Gasteiger partial charge in [0.25, 0.3) is 5.91 Å². The lowest BCUT2D eigenvalue weighted by atomic mass is 9.83. The fourth-order valence-electron chi connectivity index (χ4n) is 14.8. The van der Waals surface area contributed by atoms with Crippen molar-refractivity contribution in [3.05, 3.63) is 35.9 Å². The lowest BCUT2D eigenvalue weighted by Gasteiger charge is -2.32. The number of aliphatic imine (C=N–C) groups is 3. The van der Waals surface area contributed by atoms with Gasteiger partial charge in [-0.25, -0.2) is 0 Å². The van der Waals surface area contributed by atoms with Crippen molar-refractivity contribution < 1.29 is 77.0 Å². The third kappa shape index (κ3) is 38.1. The van der Waals surface area contributed by atoms with Gasteiger partial charge in [-0.05, 0) is 134 Å². The molecule has 3 aliphatic carbocycles. The van der Waals surface area contributed by atoms with E-state index in [1.165, 1.54) is 13.8 Å². The zero-order valence-corrected chi connectivity index (χ0v) is 69.9. The maximum absolute atomic E-state index is 15.0. The number of hydrogen-bond donors (Lipinski definition) is 22. The number of guanidine groups is 3. The molecule has 0 spiro atoms. The Morgan fingerprint density at radius 3 is 1.13 bits per heavy atom. The van der Waals surface area contributed by atoms with Gasteiger partial charge in [0.05, 0.1) is 12.5 Å². The summed E-state index contributed by atoms with van der Waals surface area (Å²) < 4.78 is 0. The quantitative estimate of drug-likeness (QED) is 0.0176. The Morgan fingerprint density at radius 1 is 0.403 bits per heavy atom. The number of nitrogens with zero attached hydrogens (tertiary/aromatic N) is 3. The average molecular weight is 1680 g/mol. The Labute approximate surface area is 696 Å². The molecule has 40 heteroatoms. The van der Waals surface area contributed by atoms with E-state index < -0.39 is 186 Å². The van der Waals surface area contributed by atoms with E-state index in [2.05, 4.69) is 78.8 Å². The highest BCUT2D eigenvalue weighted by atomic mass is 16.3. The first-order chi connectivity index (χ1) is 56.3. The molecule has 12 atom stereocenters. The Balaban J connectivity index is 1.58. The molecule has 3 fully saturated rings. The van der Waals surface area contributed by atoms with Crippen molar-refractivity contribution in [2.24, 2.45) is 90.3 Å². The molecule has 0 aromatic heterocycles. The van der Waals surface area contributed by atoms with Gasteiger partial charge in [-0.1, -0.05) is 135 Å². The van der Waals surface area contributed by atoms with Crippen molar-refractivity contribution in [2.45, 2.75) is 306 Å². The number of amides is 15. The SMILES string of the molecule is CCC(NC(=O)[C@H](CCCN=C(N)N)NC(=O)c1ccccc1)C(=O)NC(CC1CCCCC1)C(=O)NC(CC1CCCCC1)C(=O)N[C@@H](CC(N)=O)C(=O)N[C@@H](CC(C)C)C(=O)NC(C)(C)C(=O)N[C@H](C(=O)N[C@@H](CCCN=C(N)N)C(=O)N[C@@H](CCC(N)=O)C(=O)N[C@@H](CCCN=C(N)N)C(=O)NC(CC1CCCCC1)C(N)=O)[C@@H](C)O. The van der Waals surface area contributed by atoms with E-state index in [0.29, 0.717) is 12.8 Å². The van der Waals surface area contributed by atoms with Gasteiger partial charge in [0.15, 0.2) is 17.9 Å². The smallest absolute Gasteiger partial charge is 0.251 e. The lowest BCUT2D eigenvalue weighted by Crippen LogP contribution is -2.65. The molecular weight excluding hydrogens is 1540 g/mol. The molecule has 31 N–H and O–H groups in total. The number of aliphatic hydroxyl groups is 1. The van der Waals surface area contributed by atoms with E-state index in [1.54, 1.807) is 51.1 Å². The zero-order valence-electron chi connectivity index (χ0n) is 69.9. The van der Waals surface area contributed by atoms with Crippen LogP contribution in [0.25, 0.3) is 0 Å². The molecule has 119 heavy (non-hydrogen) atoms. The summed E-state index contributed by atoms with van der Waals surface area (Å²) in [5, 5.41) is 42.8. The van der Waals surface area contributed by atoms with E-state index in [9.17, 15) is 77.0 Å². The van der Waals surface area contributed by atoms with Crippen LogP contribution in [-0.4, -0.2) is 209 Å². The van der Waals surface area contributed by atoms with Gasteiger partial charge in [-0.15, -0.1) is 0 Å². The minimum atomic E-state index is -2.01. The Kier molecular flexibility index (Phi) is 43.9. The van der Waals surface area contributed by atoms with Crippen LogP contribution in [0.1, 0.15) is 238 Å². The van der Waals surface area contributed by atoms with E-state index in [0.717, 1.165) is 90.4 Å². The first-order valence-electron chi connectivity index (χ1n) is 41.7. The van der Waals surface area contributed by atoms with Crippen molar-refractivity contribution in [3.63, 3.8) is 0 Å². The predicted octanol–water partition coefficient (Wildman–Crippen LogP) is -2.94. The van der Waals surface area contributed by atoms with Crippen LogP contribution in [0.3, 0.4) is 0 Å². The highest BCUT2D eigenvalue weighted by Crippen LogP contribution is 2.31. The minimum absolute atomic E-state index is 0.00765. The van der Waals surface area contributed by atoms with E-state index in [-0.39, 0.29) is 137 Å². The maximum Gasteiger partial charge on any atom is 0.251 e. The van der Waals surface area contributed by atoms with Crippen LogP contribution < -0.4 is 115 Å². The van der Waals surface area contributed by atoms with Crippen molar-refractivity contribution >= 4 is 106 Å². The summed E-state index contributed by atoms with van der Waals surface area (Å²) in [6, 6.07) is -7.72. The second-order valence-electron chi connectivity index (χ2n) is 32.4. The van der Waals surface area contributed by atoms with Gasteiger partial charge in [-0.2, -0.15) is 0 Å². The summed E-state index contributed by atoms with van der Waals surface area (Å²) >= 11 is 0. The molecule has 1 aromatic rings. The highest BCUT2D eigenvalue weighted by Gasteiger charge is 2.41. The van der Waals surface area contributed by atoms with Gasteiger partial charge in [0, 0.05) is 31.6 Å². The summed E-state index contributed by atoms with van der Waals surface area (Å²) in [5.41, 5.74) is 48.5. The Hall–Kier alpha value is -11.0. The van der Waals surface area contributed by atoms with Crippen molar-refractivity contribution in [1.82, 2.24) is 63.8 Å². The monoisotopic (exact) mass is 1680 g/mol. The molecule has 0 saturated heterocycles. The molecule has 15 amide bonds. The number of rotatable bonds is 52. The summed E-state index contributed by atoms with van der Waals surface area (Å²) in [6.45, 7) is 8.78. The number of nitrogens with one attached hydrogen (secondary N) is 12. The summed E-state index contributed by atoms with van der Waals surface area (Å²) in [6.07, 6.45) is 9.75. The standard InChI is InChI=1S/C79H134N24O16/c1-7-50(92-66(110)51(31-20-36-89-76(83)84)93-64(108)49-29-18-11-19-30-49)65(109)99-57(41-47-25-14-9-15-26-47)70(114)100-58(42-48-27-16-10-17-28-48)71(115)101-59(43-61(81)106)72(116)98-56(39-44(2)3)73(117)103-79(5,6)75(119)102-62(45(4)104)74(118)96-53(33-22-38-91-78(87)88)67(111)95-54(34-35-60(80)105)69(113)94-52(32-21-37-90-77(85)86)68(112)97-55(63(82)107)40-46-23-12-8-13-24-46/h11,18-19,29-30,44-48,50-59,62,104H,7-10,12-17,20-28,31-43H2,1-6H3,(H2,80,105)(H2,81,106)(H2,82,107)(H,92,110)(H,93,108)(H,94,113)(H,95,111)(H,96,118)(H,97,112)(H,98,116)(H,99,109)(H,100,114)(H,101,115)(H,102,119)(H,103,117)(H4,83,84,89)(H4,85,86,90)(H4,87,88,91)/t45-,50?,51+,52+,53+,54+,55?,56+,57?,58?,59+,62+/m1/s1. The first-order valence-corrected chi connectivity index (χ1v) is 41.7. The molecule has 4 rings (SSSR count). The summed E-state index contributed by atoms with van der Waals surface area (Å²) in [4.78, 5) is 223. The number of nitrogens with two attached hydrogens (primary N) is 9. The van der Waals surface area contributed by atoms with E-state index >= 15 is 0 Å². The minimum Gasteiger partial charge on any atom is -0.391 e. The van der Waals surface area contributed by atoms with Crippen LogP contribution in [-0.2, 0) is 67.1 Å². The molecule has 666 valence electrons. The Morgan fingerprint density at radius 2 is 0.748 bits per heavy atom. The molecule has 3 saturated carbocycles. The van der Waals surface area contributed by atoms with Gasteiger partial charge in [0.2, 0.25) is 82.7 Å². The highest BCUT2D eigenvalue weighted by molar-refractivity contribution is 6.02. The maximum atomic E-state index is 15.0. The number of aliphatic hydroxyl groups excluding tert-OH is 1. The van der Waals surface area contributed by atoms with Crippen LogP contribution in [0.4, 0.5) is 0 Å². The molecule has 0 aliphatic heterocycles. The number of primary amides is 3. The summed E-state index contributed by atoms with van der Waals surface area (Å²) in [5.74, 6) is -14.6. The normalized spacial score (nSPS) is 17.0. The number of carbonyl (C=O) groups is 15. The topological polar surface area (TPSA) is 692 Å². The number of hydrogen-bond acceptors (Lipinski definition) is 19. The van der Waals surface area contributed by atoms with E-state index in [4.69, 9.17) is 51.6 Å². The summed E-state index contributed by atoms with van der Waals surface area (Å²) in [7, 11) is 0. The molecule has 0 bridgehead atoms. The van der Waals surface area contributed by atoms with Crippen LogP contribution in [0, 0.1) is 23.7 Å². The second-order valence-corrected chi connectivity index (χ2v) is 32.4. The van der Waals surface area contributed by atoms with Crippen LogP contribution in [0.2, 0.25) is 0 Å². The van der Waals surface area contributed by atoms with Gasteiger partial charge >= 0.3 is 0 Å². The Bertz CT molecular complexity index is 3630.